The molecule has 1 saturated carbocycles. The standard InChI is InChI=1S/C19H20BrNO2S/c1-23-16-6-8-17(9-7-16)24-13-18(22)21-19(10-3-11-19)14-4-2-5-15(20)12-14/h2,4-9,12H,3,10-11,13H2,1H3,(H,21,22). The van der Waals surface area contributed by atoms with Gasteiger partial charge >= 0.3 is 0 Å². The summed E-state index contributed by atoms with van der Waals surface area (Å²) in [6.07, 6.45) is 3.16. The van der Waals surface area contributed by atoms with E-state index >= 15 is 0 Å². The summed E-state index contributed by atoms with van der Waals surface area (Å²) in [7, 11) is 1.65. The van der Waals surface area contributed by atoms with Crippen molar-refractivity contribution in [3.05, 3.63) is 58.6 Å². The minimum atomic E-state index is -0.193. The SMILES string of the molecule is COc1ccc(SCC(=O)NC2(c3cccc(Br)c3)CCC2)cc1. The van der Waals surface area contributed by atoms with Gasteiger partial charge in [-0.25, -0.2) is 0 Å². The average molecular weight is 406 g/mol. The van der Waals surface area contributed by atoms with Crippen molar-refractivity contribution in [1.82, 2.24) is 5.32 Å². The first kappa shape index (κ1) is 17.4. The van der Waals surface area contributed by atoms with Crippen LogP contribution in [0.5, 0.6) is 5.75 Å². The van der Waals surface area contributed by atoms with Gasteiger partial charge in [0.15, 0.2) is 0 Å². The van der Waals surface area contributed by atoms with Crippen LogP contribution in [0, 0.1) is 0 Å². The molecule has 2 aromatic carbocycles. The van der Waals surface area contributed by atoms with E-state index in [0.717, 1.165) is 34.4 Å². The van der Waals surface area contributed by atoms with E-state index in [2.05, 4.69) is 33.4 Å². The highest BCUT2D eigenvalue weighted by Crippen LogP contribution is 2.42. The van der Waals surface area contributed by atoms with Gasteiger partial charge in [0.1, 0.15) is 5.75 Å². The third kappa shape index (κ3) is 3.95. The molecule has 126 valence electrons. The Hall–Kier alpha value is -1.46. The molecule has 3 nitrogen and oxygen atoms in total. The Morgan fingerprint density at radius 2 is 2.00 bits per heavy atom. The lowest BCUT2D eigenvalue weighted by molar-refractivity contribution is -0.121. The zero-order chi connectivity index (χ0) is 17.0. The maximum absolute atomic E-state index is 12.4. The number of halogens is 1. The highest BCUT2D eigenvalue weighted by molar-refractivity contribution is 9.10. The Morgan fingerprint density at radius 3 is 2.58 bits per heavy atom. The first-order valence-electron chi connectivity index (χ1n) is 7.95. The maximum atomic E-state index is 12.4. The van der Waals surface area contributed by atoms with Gasteiger partial charge in [0.05, 0.1) is 18.4 Å². The van der Waals surface area contributed by atoms with Crippen molar-refractivity contribution >= 4 is 33.6 Å². The van der Waals surface area contributed by atoms with Gasteiger partial charge in [-0.1, -0.05) is 28.1 Å². The molecule has 1 N–H and O–H groups in total. The molecule has 24 heavy (non-hydrogen) atoms. The molecule has 5 heteroatoms. The average Bonchev–Trinajstić information content (AvgIpc) is 2.56. The molecule has 1 amide bonds. The quantitative estimate of drug-likeness (QED) is 0.704. The lowest BCUT2D eigenvalue weighted by Crippen LogP contribution is -2.51. The molecular weight excluding hydrogens is 386 g/mol. The number of hydrogen-bond acceptors (Lipinski definition) is 3. The zero-order valence-corrected chi connectivity index (χ0v) is 16.0. The molecular formula is C19H20BrNO2S. The summed E-state index contributed by atoms with van der Waals surface area (Å²) in [5, 5.41) is 3.26. The van der Waals surface area contributed by atoms with Crippen LogP contribution in [0.15, 0.2) is 57.9 Å². The number of nitrogens with one attached hydrogen (secondary N) is 1. The third-order valence-electron chi connectivity index (χ3n) is 4.39. The van der Waals surface area contributed by atoms with Crippen molar-refractivity contribution in [3.63, 3.8) is 0 Å². The van der Waals surface area contributed by atoms with Crippen LogP contribution in [0.3, 0.4) is 0 Å². The van der Waals surface area contributed by atoms with Crippen LogP contribution >= 0.6 is 27.7 Å². The highest BCUT2D eigenvalue weighted by Gasteiger charge is 2.39. The summed E-state index contributed by atoms with van der Waals surface area (Å²) in [6, 6.07) is 16.0. The van der Waals surface area contributed by atoms with Crippen LogP contribution in [0.1, 0.15) is 24.8 Å². The second kappa shape index (κ2) is 7.62. The number of carbonyl (C=O) groups is 1. The number of ether oxygens (including phenoxy) is 1. The summed E-state index contributed by atoms with van der Waals surface area (Å²) in [6.45, 7) is 0. The van der Waals surface area contributed by atoms with Gasteiger partial charge < -0.3 is 10.1 Å². The molecule has 0 spiro atoms. The minimum absolute atomic E-state index is 0.0792. The number of carbonyl (C=O) groups excluding carboxylic acids is 1. The fourth-order valence-corrected chi connectivity index (χ4v) is 4.02. The van der Waals surface area contributed by atoms with Gasteiger partial charge in [-0.05, 0) is 61.2 Å². The van der Waals surface area contributed by atoms with Gasteiger partial charge in [-0.3, -0.25) is 4.79 Å². The monoisotopic (exact) mass is 405 g/mol. The summed E-state index contributed by atoms with van der Waals surface area (Å²) in [5.74, 6) is 1.32. The van der Waals surface area contributed by atoms with E-state index in [-0.39, 0.29) is 11.4 Å². The summed E-state index contributed by atoms with van der Waals surface area (Å²) in [5.41, 5.74) is 0.993. The predicted molar refractivity (Wildman–Crippen MR) is 102 cm³/mol. The van der Waals surface area contributed by atoms with Crippen molar-refractivity contribution in [1.29, 1.82) is 0 Å². The lowest BCUT2D eigenvalue weighted by atomic mass is 9.72. The molecule has 0 bridgehead atoms. The molecule has 1 aliphatic carbocycles. The van der Waals surface area contributed by atoms with Crippen LogP contribution in [0.25, 0.3) is 0 Å². The number of benzene rings is 2. The largest absolute Gasteiger partial charge is 0.497 e. The molecule has 0 unspecified atom stereocenters. The van der Waals surface area contributed by atoms with E-state index in [1.807, 2.05) is 36.4 Å². The Kier molecular flexibility index (Phi) is 5.51. The fourth-order valence-electron chi connectivity index (χ4n) is 2.93. The van der Waals surface area contributed by atoms with E-state index in [4.69, 9.17) is 4.74 Å². The Morgan fingerprint density at radius 1 is 1.25 bits per heavy atom. The van der Waals surface area contributed by atoms with Crippen LogP contribution in [0.2, 0.25) is 0 Å². The van der Waals surface area contributed by atoms with E-state index in [0.29, 0.717) is 5.75 Å². The summed E-state index contributed by atoms with van der Waals surface area (Å²) < 4.78 is 6.20. The smallest absolute Gasteiger partial charge is 0.231 e. The molecule has 0 aliphatic heterocycles. The van der Waals surface area contributed by atoms with Crippen molar-refractivity contribution in [3.8, 4) is 5.75 Å². The molecule has 1 fully saturated rings. The zero-order valence-electron chi connectivity index (χ0n) is 13.5. The minimum Gasteiger partial charge on any atom is -0.497 e. The number of amides is 1. The number of hydrogen-bond donors (Lipinski definition) is 1. The molecule has 0 radical (unpaired) electrons. The Bertz CT molecular complexity index is 714. The Balaban J connectivity index is 1.60. The van der Waals surface area contributed by atoms with Crippen LogP contribution in [-0.2, 0) is 10.3 Å². The Labute approximate surface area is 155 Å². The molecule has 0 atom stereocenters. The van der Waals surface area contributed by atoms with E-state index in [1.54, 1.807) is 18.9 Å². The first-order valence-corrected chi connectivity index (χ1v) is 9.73. The number of thioether (sulfide) groups is 1. The molecule has 0 aromatic heterocycles. The topological polar surface area (TPSA) is 38.3 Å². The van der Waals surface area contributed by atoms with Gasteiger partial charge in [0, 0.05) is 9.37 Å². The van der Waals surface area contributed by atoms with Gasteiger partial charge in [0.25, 0.3) is 0 Å². The van der Waals surface area contributed by atoms with Crippen molar-refractivity contribution in [2.24, 2.45) is 0 Å². The van der Waals surface area contributed by atoms with Crippen LogP contribution in [0.4, 0.5) is 0 Å². The predicted octanol–water partition coefficient (Wildman–Crippen LogP) is 4.75. The third-order valence-corrected chi connectivity index (χ3v) is 5.90. The molecule has 0 saturated heterocycles. The van der Waals surface area contributed by atoms with Gasteiger partial charge in [-0.15, -0.1) is 11.8 Å². The second-order valence-electron chi connectivity index (χ2n) is 5.96. The lowest BCUT2D eigenvalue weighted by Gasteiger charge is -2.43. The van der Waals surface area contributed by atoms with Crippen LogP contribution < -0.4 is 10.1 Å². The highest BCUT2D eigenvalue weighted by atomic mass is 79.9. The molecule has 3 rings (SSSR count). The van der Waals surface area contributed by atoms with Gasteiger partial charge in [0.2, 0.25) is 5.91 Å². The van der Waals surface area contributed by atoms with E-state index in [9.17, 15) is 4.79 Å². The summed E-state index contributed by atoms with van der Waals surface area (Å²) >= 11 is 5.06. The fraction of sp³-hybridized carbons (Fsp3) is 0.316. The normalized spacial score (nSPS) is 15.4. The number of methoxy groups -OCH3 is 1. The van der Waals surface area contributed by atoms with Crippen molar-refractivity contribution in [2.45, 2.75) is 29.7 Å². The maximum Gasteiger partial charge on any atom is 0.231 e. The van der Waals surface area contributed by atoms with E-state index < -0.39 is 0 Å². The van der Waals surface area contributed by atoms with Crippen molar-refractivity contribution < 1.29 is 9.53 Å². The first-order chi connectivity index (χ1) is 11.6. The number of rotatable bonds is 6. The van der Waals surface area contributed by atoms with E-state index in [1.165, 1.54) is 5.56 Å². The second-order valence-corrected chi connectivity index (χ2v) is 7.92. The van der Waals surface area contributed by atoms with Gasteiger partial charge in [-0.2, -0.15) is 0 Å². The molecule has 0 heterocycles. The van der Waals surface area contributed by atoms with Crippen LogP contribution in [-0.4, -0.2) is 18.8 Å². The molecule has 2 aromatic rings. The molecule has 1 aliphatic rings. The summed E-state index contributed by atoms with van der Waals surface area (Å²) in [4.78, 5) is 13.5. The van der Waals surface area contributed by atoms with Crippen molar-refractivity contribution in [2.75, 3.05) is 12.9 Å².